The Bertz CT molecular complexity index is 617. The van der Waals surface area contributed by atoms with Gasteiger partial charge in [0.1, 0.15) is 11.1 Å². The molecule has 1 aromatic rings. The van der Waals surface area contributed by atoms with E-state index in [9.17, 15) is 12.8 Å². The standard InChI is InChI=1S/C14H18FNO3S/c1-10-14(6-8-19-10)20(17,18)16-7-5-12-11(9-16)3-2-4-13(12)15/h2-4,10,14H,5-9H2,1H3/t10-,14-/m1/s1. The first-order chi connectivity index (χ1) is 9.50. The average molecular weight is 299 g/mol. The Morgan fingerprint density at radius 1 is 1.40 bits per heavy atom. The van der Waals surface area contributed by atoms with Crippen LogP contribution < -0.4 is 0 Å². The molecule has 0 saturated carbocycles. The van der Waals surface area contributed by atoms with Crippen LogP contribution >= 0.6 is 0 Å². The minimum atomic E-state index is -3.38. The number of nitrogens with zero attached hydrogens (tertiary/aromatic N) is 1. The van der Waals surface area contributed by atoms with E-state index >= 15 is 0 Å². The van der Waals surface area contributed by atoms with Crippen LogP contribution in [0.15, 0.2) is 18.2 Å². The molecule has 2 heterocycles. The molecule has 0 spiro atoms. The van der Waals surface area contributed by atoms with E-state index in [2.05, 4.69) is 0 Å². The summed E-state index contributed by atoms with van der Waals surface area (Å²) in [4.78, 5) is 0. The molecule has 0 N–H and O–H groups in total. The van der Waals surface area contributed by atoms with Crippen LogP contribution in [0.3, 0.4) is 0 Å². The zero-order valence-electron chi connectivity index (χ0n) is 11.4. The molecule has 6 heteroatoms. The summed E-state index contributed by atoms with van der Waals surface area (Å²) in [6.45, 7) is 2.90. The summed E-state index contributed by atoms with van der Waals surface area (Å²) in [5, 5.41) is -0.474. The zero-order valence-corrected chi connectivity index (χ0v) is 12.2. The summed E-state index contributed by atoms with van der Waals surface area (Å²) in [5.41, 5.74) is 1.42. The molecule has 3 rings (SSSR count). The lowest BCUT2D eigenvalue weighted by Crippen LogP contribution is -2.44. The molecular weight excluding hydrogens is 281 g/mol. The van der Waals surface area contributed by atoms with Gasteiger partial charge in [-0.15, -0.1) is 0 Å². The third kappa shape index (κ3) is 2.25. The number of hydrogen-bond donors (Lipinski definition) is 0. The fraction of sp³-hybridized carbons (Fsp3) is 0.571. The fourth-order valence-electron chi connectivity index (χ4n) is 3.05. The summed E-state index contributed by atoms with van der Waals surface area (Å²) in [7, 11) is -3.38. The second-order valence-electron chi connectivity index (χ2n) is 5.41. The van der Waals surface area contributed by atoms with Crippen molar-refractivity contribution in [2.24, 2.45) is 0 Å². The van der Waals surface area contributed by atoms with Crippen molar-refractivity contribution in [1.29, 1.82) is 0 Å². The molecule has 20 heavy (non-hydrogen) atoms. The Hall–Kier alpha value is -0.980. The van der Waals surface area contributed by atoms with E-state index in [0.717, 1.165) is 5.56 Å². The molecule has 2 aliphatic heterocycles. The van der Waals surface area contributed by atoms with Crippen LogP contribution in [-0.2, 0) is 27.7 Å². The highest BCUT2D eigenvalue weighted by molar-refractivity contribution is 7.89. The number of hydrogen-bond acceptors (Lipinski definition) is 3. The van der Waals surface area contributed by atoms with E-state index in [-0.39, 0.29) is 18.5 Å². The quantitative estimate of drug-likeness (QED) is 0.835. The normalized spacial score (nSPS) is 27.5. The van der Waals surface area contributed by atoms with Crippen LogP contribution in [0.25, 0.3) is 0 Å². The first-order valence-electron chi connectivity index (χ1n) is 6.87. The van der Waals surface area contributed by atoms with Gasteiger partial charge in [-0.05, 0) is 37.0 Å². The first-order valence-corrected chi connectivity index (χ1v) is 8.37. The van der Waals surface area contributed by atoms with E-state index in [0.29, 0.717) is 31.6 Å². The molecule has 1 saturated heterocycles. The van der Waals surface area contributed by atoms with E-state index < -0.39 is 15.3 Å². The lowest BCUT2D eigenvalue weighted by Gasteiger charge is -2.31. The van der Waals surface area contributed by atoms with Crippen molar-refractivity contribution in [2.75, 3.05) is 13.2 Å². The van der Waals surface area contributed by atoms with Gasteiger partial charge < -0.3 is 4.74 Å². The van der Waals surface area contributed by atoms with Gasteiger partial charge in [0.15, 0.2) is 0 Å². The van der Waals surface area contributed by atoms with Gasteiger partial charge in [0.2, 0.25) is 10.0 Å². The van der Waals surface area contributed by atoms with Gasteiger partial charge in [-0.2, -0.15) is 4.31 Å². The molecule has 110 valence electrons. The Balaban J connectivity index is 1.86. The van der Waals surface area contributed by atoms with Crippen molar-refractivity contribution in [2.45, 2.75) is 37.7 Å². The van der Waals surface area contributed by atoms with Gasteiger partial charge >= 0.3 is 0 Å². The molecule has 2 atom stereocenters. The van der Waals surface area contributed by atoms with Crippen molar-refractivity contribution in [3.05, 3.63) is 35.1 Å². The van der Waals surface area contributed by atoms with Gasteiger partial charge in [-0.3, -0.25) is 0 Å². The van der Waals surface area contributed by atoms with Crippen LogP contribution in [0.5, 0.6) is 0 Å². The highest BCUT2D eigenvalue weighted by Gasteiger charge is 2.40. The van der Waals surface area contributed by atoms with Crippen LogP contribution in [0.4, 0.5) is 4.39 Å². The summed E-state index contributed by atoms with van der Waals surface area (Å²) in [5.74, 6) is -0.239. The topological polar surface area (TPSA) is 46.6 Å². The lowest BCUT2D eigenvalue weighted by molar-refractivity contribution is 0.125. The minimum Gasteiger partial charge on any atom is -0.377 e. The van der Waals surface area contributed by atoms with Gasteiger partial charge in [0, 0.05) is 19.7 Å². The average Bonchev–Trinajstić information content (AvgIpc) is 2.85. The summed E-state index contributed by atoms with van der Waals surface area (Å²) in [6.07, 6.45) is 0.702. The molecule has 4 nitrogen and oxygen atoms in total. The maximum Gasteiger partial charge on any atom is 0.219 e. The van der Waals surface area contributed by atoms with Crippen LogP contribution in [0, 0.1) is 5.82 Å². The number of fused-ring (bicyclic) bond motifs is 1. The van der Waals surface area contributed by atoms with Gasteiger partial charge in [0.25, 0.3) is 0 Å². The Labute approximate surface area is 118 Å². The van der Waals surface area contributed by atoms with E-state index in [1.54, 1.807) is 19.1 Å². The van der Waals surface area contributed by atoms with E-state index in [1.807, 2.05) is 0 Å². The smallest absolute Gasteiger partial charge is 0.219 e. The maximum atomic E-state index is 13.7. The molecule has 2 aliphatic rings. The number of ether oxygens (including phenoxy) is 1. The first kappa shape index (κ1) is 14.0. The number of rotatable bonds is 2. The van der Waals surface area contributed by atoms with Crippen molar-refractivity contribution in [3.63, 3.8) is 0 Å². The van der Waals surface area contributed by atoms with Crippen molar-refractivity contribution >= 4 is 10.0 Å². The third-order valence-corrected chi connectivity index (χ3v) is 6.64. The van der Waals surface area contributed by atoms with Gasteiger partial charge in [0.05, 0.1) is 6.10 Å². The van der Waals surface area contributed by atoms with Crippen LogP contribution in [-0.4, -0.2) is 37.2 Å². The Morgan fingerprint density at radius 2 is 2.20 bits per heavy atom. The van der Waals surface area contributed by atoms with Gasteiger partial charge in [-0.1, -0.05) is 12.1 Å². The van der Waals surface area contributed by atoms with Gasteiger partial charge in [-0.25, -0.2) is 12.8 Å². The third-order valence-electron chi connectivity index (χ3n) is 4.22. The second-order valence-corrected chi connectivity index (χ2v) is 7.56. The Kier molecular flexibility index (Phi) is 3.56. The second kappa shape index (κ2) is 5.09. The van der Waals surface area contributed by atoms with E-state index in [1.165, 1.54) is 10.4 Å². The summed E-state index contributed by atoms with van der Waals surface area (Å²) in [6, 6.07) is 4.86. The highest BCUT2D eigenvalue weighted by Crippen LogP contribution is 2.29. The van der Waals surface area contributed by atoms with Crippen LogP contribution in [0.2, 0.25) is 0 Å². The molecule has 0 radical (unpaired) electrons. The molecule has 1 fully saturated rings. The van der Waals surface area contributed by atoms with E-state index in [4.69, 9.17) is 4.74 Å². The minimum absolute atomic E-state index is 0.239. The zero-order chi connectivity index (χ0) is 14.3. The largest absolute Gasteiger partial charge is 0.377 e. The predicted octanol–water partition coefficient (Wildman–Crippen LogP) is 1.69. The molecule has 0 unspecified atom stereocenters. The molecule has 0 bridgehead atoms. The van der Waals surface area contributed by atoms with Crippen molar-refractivity contribution in [3.8, 4) is 0 Å². The molecular formula is C14H18FNO3S. The van der Waals surface area contributed by atoms with Crippen molar-refractivity contribution < 1.29 is 17.5 Å². The summed E-state index contributed by atoms with van der Waals surface area (Å²) >= 11 is 0. The molecule has 0 aromatic heterocycles. The lowest BCUT2D eigenvalue weighted by atomic mass is 10.0. The molecule has 0 aliphatic carbocycles. The SMILES string of the molecule is C[C@H]1OCC[C@H]1S(=O)(=O)N1CCc2c(F)cccc2C1. The van der Waals surface area contributed by atoms with Crippen LogP contribution in [0.1, 0.15) is 24.5 Å². The molecule has 1 aromatic carbocycles. The summed E-state index contributed by atoms with van der Waals surface area (Å²) < 4.78 is 45.8. The predicted molar refractivity (Wildman–Crippen MR) is 73.3 cm³/mol. The van der Waals surface area contributed by atoms with Crippen molar-refractivity contribution in [1.82, 2.24) is 4.31 Å². The fourth-order valence-corrected chi connectivity index (χ4v) is 5.05. The Morgan fingerprint density at radius 3 is 2.90 bits per heavy atom. The highest BCUT2D eigenvalue weighted by atomic mass is 32.2. The number of halogens is 1. The molecule has 0 amide bonds. The maximum absolute atomic E-state index is 13.7. The monoisotopic (exact) mass is 299 g/mol. The number of benzene rings is 1. The number of sulfonamides is 1.